The number of hydrogen-bond acceptors (Lipinski definition) is 3. The van der Waals surface area contributed by atoms with E-state index in [9.17, 15) is 4.79 Å². The Hall–Kier alpha value is -2.07. The molecule has 0 saturated carbocycles. The predicted octanol–water partition coefficient (Wildman–Crippen LogP) is 2.15. The van der Waals surface area contributed by atoms with Gasteiger partial charge in [-0.15, -0.1) is 0 Å². The lowest BCUT2D eigenvalue weighted by Crippen LogP contribution is -2.28. The molecule has 0 aliphatic rings. The summed E-state index contributed by atoms with van der Waals surface area (Å²) < 4.78 is 10.1. The smallest absolute Gasteiger partial charge is 0.224 e. The van der Waals surface area contributed by atoms with Crippen molar-refractivity contribution in [1.29, 1.82) is 0 Å². The lowest BCUT2D eigenvalue weighted by Gasteiger charge is -2.07. The second kappa shape index (κ2) is 6.91. The van der Waals surface area contributed by atoms with Crippen LogP contribution in [0.15, 0.2) is 36.4 Å². The molecule has 0 spiro atoms. The van der Waals surface area contributed by atoms with Crippen molar-refractivity contribution in [1.82, 2.24) is 5.32 Å². The van der Waals surface area contributed by atoms with Crippen LogP contribution in [-0.4, -0.2) is 33.3 Å². The van der Waals surface area contributed by atoms with E-state index >= 15 is 0 Å². The summed E-state index contributed by atoms with van der Waals surface area (Å²) in [6, 6.07) is 11.9. The van der Waals surface area contributed by atoms with Crippen LogP contribution in [0.1, 0.15) is 5.56 Å². The van der Waals surface area contributed by atoms with Crippen molar-refractivity contribution < 1.29 is 14.3 Å². The minimum atomic E-state index is 0.00918. The van der Waals surface area contributed by atoms with Crippen LogP contribution in [-0.2, 0) is 16.0 Å². The molecule has 0 atom stereocenters. The van der Waals surface area contributed by atoms with Crippen LogP contribution in [0, 0.1) is 0 Å². The van der Waals surface area contributed by atoms with E-state index in [1.807, 2.05) is 36.4 Å². The first-order valence-electron chi connectivity index (χ1n) is 6.55. The van der Waals surface area contributed by atoms with Gasteiger partial charge in [0.15, 0.2) is 0 Å². The molecule has 0 aliphatic heterocycles. The predicted molar refractivity (Wildman–Crippen MR) is 79.1 cm³/mol. The van der Waals surface area contributed by atoms with Crippen LogP contribution >= 0.6 is 0 Å². The fourth-order valence-electron chi connectivity index (χ4n) is 2.05. The molecule has 4 heteroatoms. The Bertz CT molecular complexity index is 595. The van der Waals surface area contributed by atoms with Crippen LogP contribution in [0.2, 0.25) is 0 Å². The Kier molecular flexibility index (Phi) is 4.96. The number of ether oxygens (including phenoxy) is 2. The maximum absolute atomic E-state index is 11.7. The molecule has 1 amide bonds. The van der Waals surface area contributed by atoms with Gasteiger partial charge in [-0.3, -0.25) is 4.79 Å². The molecule has 0 unspecified atom stereocenters. The zero-order valence-electron chi connectivity index (χ0n) is 11.8. The Morgan fingerprint density at radius 1 is 1.10 bits per heavy atom. The van der Waals surface area contributed by atoms with E-state index < -0.39 is 0 Å². The molecule has 0 saturated heterocycles. The largest absolute Gasteiger partial charge is 0.497 e. The van der Waals surface area contributed by atoms with Gasteiger partial charge in [-0.05, 0) is 28.5 Å². The number of fused-ring (bicyclic) bond motifs is 1. The van der Waals surface area contributed by atoms with Gasteiger partial charge in [0.1, 0.15) is 5.75 Å². The third-order valence-electron chi connectivity index (χ3n) is 3.10. The highest BCUT2D eigenvalue weighted by Crippen LogP contribution is 2.21. The van der Waals surface area contributed by atoms with Gasteiger partial charge in [0.05, 0.1) is 20.1 Å². The zero-order chi connectivity index (χ0) is 14.4. The fraction of sp³-hybridized carbons (Fsp3) is 0.312. The summed E-state index contributed by atoms with van der Waals surface area (Å²) in [6.45, 7) is 1.07. The number of benzene rings is 2. The van der Waals surface area contributed by atoms with Gasteiger partial charge in [-0.2, -0.15) is 0 Å². The van der Waals surface area contributed by atoms with E-state index in [1.54, 1.807) is 14.2 Å². The van der Waals surface area contributed by atoms with Crippen LogP contribution < -0.4 is 10.1 Å². The number of carbonyl (C=O) groups excluding carboxylic acids is 1. The fourth-order valence-corrected chi connectivity index (χ4v) is 2.05. The molecule has 2 rings (SSSR count). The van der Waals surface area contributed by atoms with Crippen molar-refractivity contribution in [3.63, 3.8) is 0 Å². The first-order chi connectivity index (χ1) is 9.72. The number of amides is 1. The summed E-state index contributed by atoms with van der Waals surface area (Å²) in [6.07, 6.45) is 0.381. The van der Waals surface area contributed by atoms with Gasteiger partial charge < -0.3 is 14.8 Å². The molecule has 2 aromatic rings. The van der Waals surface area contributed by atoms with E-state index in [2.05, 4.69) is 5.32 Å². The average molecular weight is 273 g/mol. The highest BCUT2D eigenvalue weighted by atomic mass is 16.5. The maximum Gasteiger partial charge on any atom is 0.224 e. The number of methoxy groups -OCH3 is 2. The molecule has 20 heavy (non-hydrogen) atoms. The van der Waals surface area contributed by atoms with E-state index in [4.69, 9.17) is 9.47 Å². The molecule has 0 heterocycles. The topological polar surface area (TPSA) is 47.6 Å². The highest BCUT2D eigenvalue weighted by molar-refractivity contribution is 5.86. The lowest BCUT2D eigenvalue weighted by molar-refractivity contribution is -0.120. The van der Waals surface area contributed by atoms with Crippen LogP contribution in [0.25, 0.3) is 10.8 Å². The van der Waals surface area contributed by atoms with Gasteiger partial charge in [0, 0.05) is 13.7 Å². The molecular weight excluding hydrogens is 254 g/mol. The summed E-state index contributed by atoms with van der Waals surface area (Å²) >= 11 is 0. The summed E-state index contributed by atoms with van der Waals surface area (Å²) in [5.41, 5.74) is 0.998. The van der Waals surface area contributed by atoms with Crippen molar-refractivity contribution in [2.75, 3.05) is 27.4 Å². The lowest BCUT2D eigenvalue weighted by atomic mass is 10.0. The third kappa shape index (κ3) is 3.71. The molecule has 0 aliphatic carbocycles. The summed E-state index contributed by atoms with van der Waals surface area (Å²) in [7, 11) is 3.27. The van der Waals surface area contributed by atoms with Gasteiger partial charge in [-0.1, -0.05) is 24.3 Å². The summed E-state index contributed by atoms with van der Waals surface area (Å²) in [5.74, 6) is 0.845. The molecule has 0 radical (unpaired) electrons. The quantitative estimate of drug-likeness (QED) is 0.820. The van der Waals surface area contributed by atoms with E-state index in [-0.39, 0.29) is 5.91 Å². The molecule has 4 nitrogen and oxygen atoms in total. The normalized spacial score (nSPS) is 10.5. The molecule has 1 N–H and O–H groups in total. The van der Waals surface area contributed by atoms with Gasteiger partial charge in [0.2, 0.25) is 5.91 Å². The first-order valence-corrected chi connectivity index (χ1v) is 6.55. The number of carbonyl (C=O) groups is 1. The molecular formula is C16H19NO3. The number of nitrogens with one attached hydrogen (secondary N) is 1. The highest BCUT2D eigenvalue weighted by Gasteiger charge is 2.04. The Balaban J connectivity index is 2.06. The molecule has 0 aromatic heterocycles. The minimum Gasteiger partial charge on any atom is -0.497 e. The standard InChI is InChI=1S/C16H19NO3/c1-19-8-7-17-16(18)10-12-3-4-14-11-15(20-2)6-5-13(14)9-12/h3-6,9,11H,7-8,10H2,1-2H3,(H,17,18). The Morgan fingerprint density at radius 3 is 2.60 bits per heavy atom. The third-order valence-corrected chi connectivity index (χ3v) is 3.10. The zero-order valence-corrected chi connectivity index (χ0v) is 11.8. The Morgan fingerprint density at radius 2 is 1.85 bits per heavy atom. The van der Waals surface area contributed by atoms with Crippen molar-refractivity contribution >= 4 is 16.7 Å². The van der Waals surface area contributed by atoms with Crippen LogP contribution in [0.5, 0.6) is 5.75 Å². The second-order valence-electron chi connectivity index (χ2n) is 4.57. The van der Waals surface area contributed by atoms with Gasteiger partial charge in [-0.25, -0.2) is 0 Å². The maximum atomic E-state index is 11.7. The minimum absolute atomic E-state index is 0.00918. The van der Waals surface area contributed by atoms with Crippen molar-refractivity contribution in [2.24, 2.45) is 0 Å². The van der Waals surface area contributed by atoms with E-state index in [0.717, 1.165) is 22.1 Å². The van der Waals surface area contributed by atoms with E-state index in [0.29, 0.717) is 19.6 Å². The first kappa shape index (κ1) is 14.3. The number of hydrogen-bond donors (Lipinski definition) is 1. The summed E-state index contributed by atoms with van der Waals surface area (Å²) in [4.78, 5) is 11.7. The Labute approximate surface area is 118 Å². The molecule has 106 valence electrons. The average Bonchev–Trinajstić information content (AvgIpc) is 2.47. The molecule has 0 fully saturated rings. The second-order valence-corrected chi connectivity index (χ2v) is 4.57. The monoisotopic (exact) mass is 273 g/mol. The van der Waals surface area contributed by atoms with Gasteiger partial charge in [0.25, 0.3) is 0 Å². The van der Waals surface area contributed by atoms with Crippen LogP contribution in [0.3, 0.4) is 0 Å². The van der Waals surface area contributed by atoms with Crippen molar-refractivity contribution in [3.8, 4) is 5.75 Å². The van der Waals surface area contributed by atoms with E-state index in [1.165, 1.54) is 0 Å². The summed E-state index contributed by atoms with van der Waals surface area (Å²) in [5, 5.41) is 5.02. The van der Waals surface area contributed by atoms with Crippen molar-refractivity contribution in [3.05, 3.63) is 42.0 Å². The molecule has 0 bridgehead atoms. The number of rotatable bonds is 6. The van der Waals surface area contributed by atoms with Gasteiger partial charge >= 0.3 is 0 Å². The SMILES string of the molecule is COCCNC(=O)Cc1ccc2cc(OC)ccc2c1. The van der Waals surface area contributed by atoms with Crippen molar-refractivity contribution in [2.45, 2.75) is 6.42 Å². The van der Waals surface area contributed by atoms with Crippen LogP contribution in [0.4, 0.5) is 0 Å². The molecule has 2 aromatic carbocycles.